The average Bonchev–Trinajstić information content (AvgIpc) is 3.12. The molecule has 1 aliphatic rings. The second kappa shape index (κ2) is 8.15. The summed E-state index contributed by atoms with van der Waals surface area (Å²) in [6.45, 7) is 2.80. The number of para-hydroxylation sites is 1. The highest BCUT2D eigenvalue weighted by molar-refractivity contribution is 9.10. The lowest BCUT2D eigenvalue weighted by Gasteiger charge is -2.26. The van der Waals surface area contributed by atoms with Gasteiger partial charge >= 0.3 is 6.03 Å². The van der Waals surface area contributed by atoms with E-state index in [1.165, 1.54) is 0 Å². The van der Waals surface area contributed by atoms with Gasteiger partial charge < -0.3 is 15.0 Å². The smallest absolute Gasteiger partial charge is 0.323 e. The van der Waals surface area contributed by atoms with Crippen molar-refractivity contribution in [3.8, 4) is 5.75 Å². The van der Waals surface area contributed by atoms with Crippen LogP contribution in [0.4, 0.5) is 10.5 Å². The van der Waals surface area contributed by atoms with E-state index in [1.807, 2.05) is 47.4 Å². The van der Waals surface area contributed by atoms with Crippen molar-refractivity contribution in [1.29, 1.82) is 0 Å². The molecule has 4 nitrogen and oxygen atoms in total. The number of rotatable bonds is 4. The van der Waals surface area contributed by atoms with Gasteiger partial charge in [0.2, 0.25) is 0 Å². The first-order chi connectivity index (χ1) is 12.1. The third kappa shape index (κ3) is 3.96. The minimum Gasteiger partial charge on any atom is -0.496 e. The predicted octanol–water partition coefficient (Wildman–Crippen LogP) is 5.30. The lowest BCUT2D eigenvalue weighted by Crippen LogP contribution is -2.34. The van der Waals surface area contributed by atoms with Crippen molar-refractivity contribution in [3.05, 3.63) is 58.1 Å². The van der Waals surface area contributed by atoms with Gasteiger partial charge in [-0.3, -0.25) is 0 Å². The molecule has 132 valence electrons. The predicted molar refractivity (Wildman–Crippen MR) is 107 cm³/mol. The summed E-state index contributed by atoms with van der Waals surface area (Å²) < 4.78 is 6.48. The van der Waals surface area contributed by atoms with Gasteiger partial charge in [-0.05, 0) is 36.2 Å². The molecule has 1 aliphatic heterocycles. The number of carbonyl (C=O) groups is 1. The molecular weight excluding hydrogens is 400 g/mol. The van der Waals surface area contributed by atoms with Crippen LogP contribution in [0.1, 0.15) is 23.4 Å². The van der Waals surface area contributed by atoms with Gasteiger partial charge in [0, 0.05) is 28.0 Å². The van der Waals surface area contributed by atoms with E-state index in [1.54, 1.807) is 18.9 Å². The normalized spacial score (nSPS) is 16.8. The highest BCUT2D eigenvalue weighted by Crippen LogP contribution is 2.43. The zero-order valence-corrected chi connectivity index (χ0v) is 16.7. The summed E-state index contributed by atoms with van der Waals surface area (Å²) in [6.07, 6.45) is 0.883. The molecule has 0 aliphatic carbocycles. The van der Waals surface area contributed by atoms with Gasteiger partial charge in [0.1, 0.15) is 11.1 Å². The maximum Gasteiger partial charge on any atom is 0.323 e. The number of hydrogen-bond donors (Lipinski definition) is 1. The molecule has 0 bridgehead atoms. The van der Waals surface area contributed by atoms with Crippen LogP contribution in [0.3, 0.4) is 0 Å². The van der Waals surface area contributed by atoms with Crippen LogP contribution in [0.25, 0.3) is 0 Å². The second-order valence-electron chi connectivity index (χ2n) is 5.74. The molecule has 2 aromatic rings. The molecule has 1 saturated heterocycles. The van der Waals surface area contributed by atoms with E-state index in [0.717, 1.165) is 39.2 Å². The molecule has 2 aromatic carbocycles. The van der Waals surface area contributed by atoms with Crippen LogP contribution in [-0.2, 0) is 6.42 Å². The van der Waals surface area contributed by atoms with Crippen LogP contribution in [0.2, 0.25) is 0 Å². The van der Waals surface area contributed by atoms with Crippen LogP contribution < -0.4 is 10.1 Å². The lowest BCUT2D eigenvalue weighted by molar-refractivity contribution is 0.213. The molecule has 6 heteroatoms. The summed E-state index contributed by atoms with van der Waals surface area (Å²) in [7, 11) is 1.66. The molecule has 3 rings (SSSR count). The van der Waals surface area contributed by atoms with Crippen LogP contribution in [0.15, 0.2) is 46.9 Å². The summed E-state index contributed by atoms with van der Waals surface area (Å²) in [5, 5.41) is 3.02. The van der Waals surface area contributed by atoms with Crippen molar-refractivity contribution in [1.82, 2.24) is 4.90 Å². The fourth-order valence-electron chi connectivity index (χ4n) is 2.97. The SMILES string of the molecule is CCc1ccccc1NC(=O)N1CCSC1c1cc(Br)ccc1OC. The summed E-state index contributed by atoms with van der Waals surface area (Å²) in [5.74, 6) is 1.71. The first-order valence-corrected chi connectivity index (χ1v) is 10.1. The molecule has 1 N–H and O–H groups in total. The number of halogens is 1. The number of thioether (sulfide) groups is 1. The molecule has 1 fully saturated rings. The Morgan fingerprint density at radius 2 is 2.16 bits per heavy atom. The molecule has 0 saturated carbocycles. The molecule has 0 spiro atoms. The number of ether oxygens (including phenoxy) is 1. The molecular formula is C19H21BrN2O2S. The number of urea groups is 1. The standard InChI is InChI=1S/C19H21BrN2O2S/c1-3-13-6-4-5-7-16(13)21-19(23)22-10-11-25-18(22)15-12-14(20)8-9-17(15)24-2/h4-9,12,18H,3,10-11H2,1-2H3,(H,21,23). The fourth-order valence-corrected chi connectivity index (χ4v) is 4.62. The van der Waals surface area contributed by atoms with Crippen LogP contribution in [-0.4, -0.2) is 30.3 Å². The summed E-state index contributed by atoms with van der Waals surface area (Å²) in [6, 6.07) is 13.8. The maximum atomic E-state index is 12.9. The zero-order valence-electron chi connectivity index (χ0n) is 14.3. The van der Waals surface area contributed by atoms with Gasteiger partial charge in [-0.15, -0.1) is 11.8 Å². The maximum absolute atomic E-state index is 12.9. The van der Waals surface area contributed by atoms with Crippen molar-refractivity contribution in [3.63, 3.8) is 0 Å². The number of amides is 2. The summed E-state index contributed by atoms with van der Waals surface area (Å²) >= 11 is 5.27. The Bertz CT molecular complexity index is 769. The van der Waals surface area contributed by atoms with Gasteiger partial charge in [0.05, 0.1) is 7.11 Å². The third-order valence-corrected chi connectivity index (χ3v) is 5.99. The Kier molecular flexibility index (Phi) is 5.91. The minimum atomic E-state index is -0.0714. The number of nitrogens with zero attached hydrogens (tertiary/aromatic N) is 1. The summed E-state index contributed by atoms with van der Waals surface area (Å²) in [5.41, 5.74) is 3.03. The van der Waals surface area contributed by atoms with E-state index in [9.17, 15) is 4.79 Å². The van der Waals surface area contributed by atoms with Crippen molar-refractivity contribution in [2.45, 2.75) is 18.7 Å². The fraction of sp³-hybridized carbons (Fsp3) is 0.316. The van der Waals surface area contributed by atoms with Crippen LogP contribution >= 0.6 is 27.7 Å². The van der Waals surface area contributed by atoms with Crippen molar-refractivity contribution in [2.75, 3.05) is 24.7 Å². The van der Waals surface area contributed by atoms with Gasteiger partial charge in [-0.25, -0.2) is 4.79 Å². The van der Waals surface area contributed by atoms with Crippen molar-refractivity contribution >= 4 is 39.4 Å². The minimum absolute atomic E-state index is 0.0544. The van der Waals surface area contributed by atoms with E-state index in [-0.39, 0.29) is 11.4 Å². The van der Waals surface area contributed by atoms with E-state index in [2.05, 4.69) is 28.2 Å². The Morgan fingerprint density at radius 1 is 1.36 bits per heavy atom. The third-order valence-electron chi connectivity index (χ3n) is 4.25. The number of benzene rings is 2. The van der Waals surface area contributed by atoms with Gasteiger partial charge in [0.15, 0.2) is 0 Å². The molecule has 25 heavy (non-hydrogen) atoms. The molecule has 1 heterocycles. The van der Waals surface area contributed by atoms with Gasteiger partial charge in [0.25, 0.3) is 0 Å². The quantitative estimate of drug-likeness (QED) is 0.729. The number of carbonyl (C=O) groups excluding carboxylic acids is 1. The molecule has 1 atom stereocenters. The highest BCUT2D eigenvalue weighted by Gasteiger charge is 2.33. The first kappa shape index (κ1) is 18.1. The van der Waals surface area contributed by atoms with E-state index < -0.39 is 0 Å². The van der Waals surface area contributed by atoms with Crippen LogP contribution in [0, 0.1) is 0 Å². The van der Waals surface area contributed by atoms with E-state index >= 15 is 0 Å². The number of anilines is 1. The topological polar surface area (TPSA) is 41.6 Å². The lowest BCUT2D eigenvalue weighted by atomic mass is 10.1. The molecule has 2 amide bonds. The number of aryl methyl sites for hydroxylation is 1. The summed E-state index contributed by atoms with van der Waals surface area (Å²) in [4.78, 5) is 14.8. The largest absolute Gasteiger partial charge is 0.496 e. The Labute approximate surface area is 161 Å². The number of hydrogen-bond acceptors (Lipinski definition) is 3. The molecule has 1 unspecified atom stereocenters. The Morgan fingerprint density at radius 3 is 2.92 bits per heavy atom. The average molecular weight is 421 g/mol. The molecule has 0 radical (unpaired) electrons. The second-order valence-corrected chi connectivity index (χ2v) is 7.85. The first-order valence-electron chi connectivity index (χ1n) is 8.24. The van der Waals surface area contributed by atoms with Gasteiger partial charge in [-0.1, -0.05) is 41.1 Å². The van der Waals surface area contributed by atoms with Crippen molar-refractivity contribution < 1.29 is 9.53 Å². The number of methoxy groups -OCH3 is 1. The van der Waals surface area contributed by atoms with Gasteiger partial charge in [-0.2, -0.15) is 0 Å². The van der Waals surface area contributed by atoms with Crippen molar-refractivity contribution in [2.24, 2.45) is 0 Å². The highest BCUT2D eigenvalue weighted by atomic mass is 79.9. The zero-order chi connectivity index (χ0) is 17.8. The molecule has 0 aromatic heterocycles. The van der Waals surface area contributed by atoms with E-state index in [4.69, 9.17) is 4.74 Å². The monoisotopic (exact) mass is 420 g/mol. The van der Waals surface area contributed by atoms with E-state index in [0.29, 0.717) is 6.54 Å². The Hall–Kier alpha value is -1.66. The van der Waals surface area contributed by atoms with Crippen LogP contribution in [0.5, 0.6) is 5.75 Å². The Balaban J connectivity index is 1.84. The number of nitrogens with one attached hydrogen (secondary N) is 1.